The van der Waals surface area contributed by atoms with Crippen molar-refractivity contribution in [2.45, 2.75) is 59.0 Å². The standard InChI is InChI=1S/C20H32N4O2/c1-15-13-22-18(14-21-15)23-9-5-16(6-10-23)17-7-11-24(12-8-17)19(25)26-20(2,3)4/h13-14,16-17H,5-12H2,1-4H3. The fraction of sp³-hybridized carbons (Fsp3) is 0.750. The van der Waals surface area contributed by atoms with Gasteiger partial charge in [0.1, 0.15) is 11.4 Å². The lowest BCUT2D eigenvalue weighted by molar-refractivity contribution is 0.0152. The number of aromatic nitrogens is 2. The Balaban J connectivity index is 1.45. The lowest BCUT2D eigenvalue weighted by Crippen LogP contribution is -2.44. The summed E-state index contributed by atoms with van der Waals surface area (Å²) in [6.07, 6.45) is 8.15. The fourth-order valence-corrected chi connectivity index (χ4v) is 4.03. The molecule has 0 unspecified atom stereocenters. The summed E-state index contributed by atoms with van der Waals surface area (Å²) < 4.78 is 5.50. The molecule has 1 aromatic rings. The second-order valence-electron chi connectivity index (χ2n) is 8.65. The highest BCUT2D eigenvalue weighted by Crippen LogP contribution is 2.33. The molecule has 0 radical (unpaired) electrons. The van der Waals surface area contributed by atoms with Crippen LogP contribution < -0.4 is 4.90 Å². The van der Waals surface area contributed by atoms with Gasteiger partial charge in [0.15, 0.2) is 0 Å². The third kappa shape index (κ3) is 4.86. The van der Waals surface area contributed by atoms with Crippen molar-refractivity contribution in [2.24, 2.45) is 11.8 Å². The lowest BCUT2D eigenvalue weighted by atomic mass is 9.79. The summed E-state index contributed by atoms with van der Waals surface area (Å²) in [6.45, 7) is 11.5. The molecule has 144 valence electrons. The van der Waals surface area contributed by atoms with Gasteiger partial charge >= 0.3 is 6.09 Å². The minimum absolute atomic E-state index is 0.163. The molecule has 3 heterocycles. The number of piperidine rings is 2. The van der Waals surface area contributed by atoms with Crippen molar-refractivity contribution in [2.75, 3.05) is 31.1 Å². The second-order valence-corrected chi connectivity index (χ2v) is 8.65. The van der Waals surface area contributed by atoms with Crippen LogP contribution in [-0.2, 0) is 4.74 Å². The van der Waals surface area contributed by atoms with Crippen LogP contribution in [0.4, 0.5) is 10.6 Å². The van der Waals surface area contributed by atoms with Crippen molar-refractivity contribution in [3.63, 3.8) is 0 Å². The zero-order valence-electron chi connectivity index (χ0n) is 16.6. The van der Waals surface area contributed by atoms with Crippen LogP contribution in [0, 0.1) is 18.8 Å². The molecule has 2 saturated heterocycles. The molecule has 0 atom stereocenters. The van der Waals surface area contributed by atoms with E-state index in [0.29, 0.717) is 0 Å². The van der Waals surface area contributed by atoms with Gasteiger partial charge in [-0.15, -0.1) is 0 Å². The number of carbonyl (C=O) groups is 1. The number of nitrogens with zero attached hydrogens (tertiary/aromatic N) is 4. The minimum atomic E-state index is -0.417. The summed E-state index contributed by atoms with van der Waals surface area (Å²) in [6, 6.07) is 0. The Morgan fingerprint density at radius 1 is 1.00 bits per heavy atom. The number of hydrogen-bond donors (Lipinski definition) is 0. The highest BCUT2D eigenvalue weighted by molar-refractivity contribution is 5.68. The maximum absolute atomic E-state index is 12.2. The topological polar surface area (TPSA) is 58.6 Å². The third-order valence-electron chi connectivity index (χ3n) is 5.49. The number of carbonyl (C=O) groups excluding carboxylic acids is 1. The maximum Gasteiger partial charge on any atom is 0.410 e. The maximum atomic E-state index is 12.2. The first-order chi connectivity index (χ1) is 12.3. The van der Waals surface area contributed by atoms with E-state index in [1.165, 1.54) is 12.8 Å². The molecule has 2 aliphatic heterocycles. The van der Waals surface area contributed by atoms with Gasteiger partial charge in [-0.1, -0.05) is 0 Å². The Morgan fingerprint density at radius 3 is 2.08 bits per heavy atom. The molecule has 0 saturated carbocycles. The molecule has 0 aliphatic carbocycles. The molecular weight excluding hydrogens is 328 g/mol. The Hall–Kier alpha value is -1.85. The quantitative estimate of drug-likeness (QED) is 0.806. The van der Waals surface area contributed by atoms with Gasteiger partial charge < -0.3 is 14.5 Å². The van der Waals surface area contributed by atoms with Gasteiger partial charge in [-0.05, 0) is 65.2 Å². The molecule has 0 bridgehead atoms. The number of likely N-dealkylation sites (tertiary alicyclic amines) is 1. The van der Waals surface area contributed by atoms with Crippen LogP contribution in [0.3, 0.4) is 0 Å². The van der Waals surface area contributed by atoms with Gasteiger partial charge in [0, 0.05) is 26.2 Å². The normalized spacial score (nSPS) is 20.3. The zero-order valence-corrected chi connectivity index (χ0v) is 16.6. The van der Waals surface area contributed by atoms with Gasteiger partial charge in [-0.3, -0.25) is 4.98 Å². The zero-order chi connectivity index (χ0) is 18.7. The number of ether oxygens (including phenoxy) is 1. The molecule has 26 heavy (non-hydrogen) atoms. The molecule has 3 rings (SSSR count). The number of anilines is 1. The monoisotopic (exact) mass is 360 g/mol. The van der Waals surface area contributed by atoms with Crippen molar-refractivity contribution in [1.82, 2.24) is 14.9 Å². The van der Waals surface area contributed by atoms with Crippen molar-refractivity contribution < 1.29 is 9.53 Å². The van der Waals surface area contributed by atoms with Crippen LogP contribution in [-0.4, -0.2) is 52.7 Å². The SMILES string of the molecule is Cc1cnc(N2CCC(C3CCN(C(=O)OC(C)(C)C)CC3)CC2)cn1. The van der Waals surface area contributed by atoms with Gasteiger partial charge in [0.2, 0.25) is 0 Å². The minimum Gasteiger partial charge on any atom is -0.444 e. The van der Waals surface area contributed by atoms with Crippen molar-refractivity contribution >= 4 is 11.9 Å². The first-order valence-corrected chi connectivity index (χ1v) is 9.83. The van der Waals surface area contributed by atoms with Crippen LogP contribution in [0.15, 0.2) is 12.4 Å². The van der Waals surface area contributed by atoms with Crippen molar-refractivity contribution in [3.8, 4) is 0 Å². The lowest BCUT2D eigenvalue weighted by Gasteiger charge is -2.40. The number of rotatable bonds is 2. The summed E-state index contributed by atoms with van der Waals surface area (Å²) in [4.78, 5) is 25.3. The summed E-state index contributed by atoms with van der Waals surface area (Å²) in [5.74, 6) is 2.47. The smallest absolute Gasteiger partial charge is 0.410 e. The Morgan fingerprint density at radius 2 is 1.58 bits per heavy atom. The summed E-state index contributed by atoms with van der Waals surface area (Å²) >= 11 is 0. The highest BCUT2D eigenvalue weighted by atomic mass is 16.6. The van der Waals surface area contributed by atoms with Crippen molar-refractivity contribution in [1.29, 1.82) is 0 Å². The van der Waals surface area contributed by atoms with Crippen LogP contribution in [0.5, 0.6) is 0 Å². The van der Waals surface area contributed by atoms with E-state index in [9.17, 15) is 4.79 Å². The number of amides is 1. The van der Waals surface area contributed by atoms with E-state index in [-0.39, 0.29) is 6.09 Å². The Kier molecular flexibility index (Phi) is 5.68. The van der Waals surface area contributed by atoms with Gasteiger partial charge in [0.05, 0.1) is 18.1 Å². The van der Waals surface area contributed by atoms with Crippen LogP contribution in [0.2, 0.25) is 0 Å². The molecular formula is C20H32N4O2. The predicted molar refractivity (Wildman–Crippen MR) is 102 cm³/mol. The fourth-order valence-electron chi connectivity index (χ4n) is 4.03. The molecule has 0 aromatic carbocycles. The van der Waals surface area contributed by atoms with Crippen LogP contribution in [0.25, 0.3) is 0 Å². The summed E-state index contributed by atoms with van der Waals surface area (Å²) in [7, 11) is 0. The van der Waals surface area contributed by atoms with E-state index in [1.807, 2.05) is 45.0 Å². The average molecular weight is 361 g/mol. The predicted octanol–water partition coefficient (Wildman–Crippen LogP) is 3.65. The third-order valence-corrected chi connectivity index (χ3v) is 5.49. The van der Waals surface area contributed by atoms with Gasteiger partial charge in [0.25, 0.3) is 0 Å². The molecule has 6 heteroatoms. The van der Waals surface area contributed by atoms with Crippen molar-refractivity contribution in [3.05, 3.63) is 18.1 Å². The molecule has 2 aliphatic rings. The van der Waals surface area contributed by atoms with E-state index >= 15 is 0 Å². The second kappa shape index (κ2) is 7.80. The van der Waals surface area contributed by atoms with E-state index in [4.69, 9.17) is 4.74 Å². The molecule has 1 aromatic heterocycles. The highest BCUT2D eigenvalue weighted by Gasteiger charge is 2.32. The van der Waals surface area contributed by atoms with Gasteiger partial charge in [-0.2, -0.15) is 0 Å². The van der Waals surface area contributed by atoms with E-state index in [1.54, 1.807) is 0 Å². The Bertz CT molecular complexity index is 595. The Labute approximate surface area is 156 Å². The first-order valence-electron chi connectivity index (χ1n) is 9.83. The van der Waals surface area contributed by atoms with Crippen LogP contribution >= 0.6 is 0 Å². The van der Waals surface area contributed by atoms with E-state index in [0.717, 1.165) is 62.4 Å². The molecule has 2 fully saturated rings. The molecule has 0 spiro atoms. The number of aryl methyl sites for hydroxylation is 1. The molecule has 0 N–H and O–H groups in total. The molecule has 1 amide bonds. The first kappa shape index (κ1) is 18.9. The summed E-state index contributed by atoms with van der Waals surface area (Å²) in [5.41, 5.74) is 0.542. The van der Waals surface area contributed by atoms with Crippen LogP contribution in [0.1, 0.15) is 52.1 Å². The van der Waals surface area contributed by atoms with Gasteiger partial charge in [-0.25, -0.2) is 9.78 Å². The average Bonchev–Trinajstić information content (AvgIpc) is 2.61. The summed E-state index contributed by atoms with van der Waals surface area (Å²) in [5, 5.41) is 0. The molecule has 6 nitrogen and oxygen atoms in total. The van der Waals surface area contributed by atoms with E-state index in [2.05, 4.69) is 14.9 Å². The largest absolute Gasteiger partial charge is 0.444 e. The number of hydrogen-bond acceptors (Lipinski definition) is 5. The van der Waals surface area contributed by atoms with E-state index < -0.39 is 5.60 Å².